The van der Waals surface area contributed by atoms with Crippen LogP contribution in [0.3, 0.4) is 0 Å². The molecule has 0 aromatic carbocycles. The van der Waals surface area contributed by atoms with Gasteiger partial charge in [0.2, 0.25) is 15.9 Å². The van der Waals surface area contributed by atoms with E-state index in [9.17, 15) is 8.42 Å². The van der Waals surface area contributed by atoms with Crippen molar-refractivity contribution in [3.63, 3.8) is 0 Å². The minimum Gasteiger partial charge on any atom is -0.476 e. The van der Waals surface area contributed by atoms with Crippen LogP contribution in [-0.4, -0.2) is 35.4 Å². The summed E-state index contributed by atoms with van der Waals surface area (Å²) in [4.78, 5) is 4.08. The van der Waals surface area contributed by atoms with Crippen molar-refractivity contribution in [2.24, 2.45) is 10.6 Å². The third kappa shape index (κ3) is 2.85. The van der Waals surface area contributed by atoms with Crippen LogP contribution in [0.4, 0.5) is 0 Å². The Morgan fingerprint density at radius 1 is 1.42 bits per heavy atom. The van der Waals surface area contributed by atoms with Crippen molar-refractivity contribution in [2.75, 3.05) is 12.4 Å². The van der Waals surface area contributed by atoms with Gasteiger partial charge in [0, 0.05) is 23.9 Å². The van der Waals surface area contributed by atoms with E-state index >= 15 is 0 Å². The highest BCUT2D eigenvalue weighted by molar-refractivity contribution is 7.89. The molecule has 0 amide bonds. The number of aromatic nitrogens is 3. The Balaban J connectivity index is 1.69. The standard InChI is InChI=1S/C11H14N4O3S/c12-19(16,17)8-11(3-4-11)7-18-10-2-1-9-13-5-6-15(9)14-10/h1-2,5-6H,3-4,7-8H2,(H2,12,16,17). The molecule has 7 nitrogen and oxygen atoms in total. The number of primary sulfonamides is 1. The van der Waals surface area contributed by atoms with Crippen LogP contribution in [0.15, 0.2) is 24.5 Å². The second-order valence-electron chi connectivity index (χ2n) is 5.00. The minimum atomic E-state index is -3.47. The molecular weight excluding hydrogens is 268 g/mol. The van der Waals surface area contributed by atoms with Gasteiger partial charge in [0.25, 0.3) is 0 Å². The fourth-order valence-corrected chi connectivity index (χ4v) is 3.26. The molecule has 0 unspecified atom stereocenters. The van der Waals surface area contributed by atoms with Gasteiger partial charge in [0.15, 0.2) is 5.65 Å². The van der Waals surface area contributed by atoms with Crippen LogP contribution in [0, 0.1) is 5.41 Å². The van der Waals surface area contributed by atoms with Crippen LogP contribution in [0.5, 0.6) is 5.88 Å². The summed E-state index contributed by atoms with van der Waals surface area (Å²) in [5, 5.41) is 9.29. The Bertz CT molecular complexity index is 706. The van der Waals surface area contributed by atoms with E-state index in [2.05, 4.69) is 10.1 Å². The average molecular weight is 282 g/mol. The predicted octanol–water partition coefficient (Wildman–Crippen LogP) is 0.177. The molecule has 2 heterocycles. The molecule has 2 aromatic heterocycles. The van der Waals surface area contributed by atoms with Crippen molar-refractivity contribution in [1.29, 1.82) is 0 Å². The normalized spacial score (nSPS) is 17.5. The smallest absolute Gasteiger partial charge is 0.231 e. The van der Waals surface area contributed by atoms with Crippen molar-refractivity contribution in [1.82, 2.24) is 14.6 Å². The third-order valence-electron chi connectivity index (χ3n) is 3.22. The van der Waals surface area contributed by atoms with Crippen LogP contribution < -0.4 is 9.88 Å². The fourth-order valence-electron chi connectivity index (χ4n) is 2.04. The highest BCUT2D eigenvalue weighted by Gasteiger charge is 2.46. The van der Waals surface area contributed by atoms with E-state index < -0.39 is 10.0 Å². The Morgan fingerprint density at radius 3 is 2.89 bits per heavy atom. The summed E-state index contributed by atoms with van der Waals surface area (Å²) in [5.41, 5.74) is 0.400. The minimum absolute atomic E-state index is 0.0344. The maximum absolute atomic E-state index is 11.1. The van der Waals surface area contributed by atoms with Crippen LogP contribution in [0.2, 0.25) is 0 Å². The molecule has 0 saturated heterocycles. The third-order valence-corrected chi connectivity index (χ3v) is 4.24. The highest BCUT2D eigenvalue weighted by atomic mass is 32.2. The van der Waals surface area contributed by atoms with E-state index in [1.54, 1.807) is 29.0 Å². The number of hydrogen-bond acceptors (Lipinski definition) is 5. The number of sulfonamides is 1. The first-order chi connectivity index (χ1) is 8.96. The SMILES string of the molecule is NS(=O)(=O)CC1(COc2ccc3nccn3n2)CC1. The largest absolute Gasteiger partial charge is 0.476 e. The second kappa shape index (κ2) is 4.17. The molecule has 1 aliphatic carbocycles. The molecule has 1 fully saturated rings. The lowest BCUT2D eigenvalue weighted by molar-refractivity contribution is 0.237. The van der Waals surface area contributed by atoms with Gasteiger partial charge in [-0.1, -0.05) is 0 Å². The Morgan fingerprint density at radius 2 is 2.21 bits per heavy atom. The number of hydrogen-bond donors (Lipinski definition) is 1. The molecule has 2 aromatic rings. The molecule has 3 rings (SSSR count). The van der Waals surface area contributed by atoms with E-state index in [0.29, 0.717) is 12.5 Å². The van der Waals surface area contributed by atoms with E-state index in [4.69, 9.17) is 9.88 Å². The average Bonchev–Trinajstić information content (AvgIpc) is 2.90. The summed E-state index contributed by atoms with van der Waals surface area (Å²) in [6.07, 6.45) is 5.00. The lowest BCUT2D eigenvalue weighted by Gasteiger charge is -2.14. The molecule has 0 spiro atoms. The first-order valence-electron chi connectivity index (χ1n) is 5.90. The molecule has 0 aliphatic heterocycles. The first-order valence-corrected chi connectivity index (χ1v) is 7.61. The van der Waals surface area contributed by atoms with Crippen LogP contribution >= 0.6 is 0 Å². The monoisotopic (exact) mass is 282 g/mol. The number of ether oxygens (including phenoxy) is 1. The summed E-state index contributed by atoms with van der Waals surface area (Å²) >= 11 is 0. The summed E-state index contributed by atoms with van der Waals surface area (Å²) < 4.78 is 29.4. The lowest BCUT2D eigenvalue weighted by atomic mass is 10.2. The van der Waals surface area contributed by atoms with E-state index in [1.807, 2.05) is 0 Å². The summed E-state index contributed by atoms with van der Waals surface area (Å²) in [6, 6.07) is 3.51. The zero-order chi connectivity index (χ0) is 13.5. The molecule has 1 aliphatic rings. The van der Waals surface area contributed by atoms with E-state index in [-0.39, 0.29) is 11.2 Å². The summed E-state index contributed by atoms with van der Waals surface area (Å²) in [6.45, 7) is 0.316. The molecule has 0 radical (unpaired) electrons. The molecule has 1 saturated carbocycles. The van der Waals surface area contributed by atoms with E-state index in [1.165, 1.54) is 0 Å². The number of rotatable bonds is 5. The van der Waals surface area contributed by atoms with Gasteiger partial charge in [-0.3, -0.25) is 0 Å². The fraction of sp³-hybridized carbons (Fsp3) is 0.455. The molecule has 19 heavy (non-hydrogen) atoms. The number of fused-ring (bicyclic) bond motifs is 1. The Labute approximate surface area is 110 Å². The first kappa shape index (κ1) is 12.4. The van der Waals surface area contributed by atoms with Gasteiger partial charge in [-0.25, -0.2) is 23.1 Å². The topological polar surface area (TPSA) is 99.6 Å². The Kier molecular flexibility index (Phi) is 2.72. The molecule has 0 bridgehead atoms. The highest BCUT2D eigenvalue weighted by Crippen LogP contribution is 2.46. The van der Waals surface area contributed by atoms with Gasteiger partial charge in [-0.2, -0.15) is 0 Å². The number of nitrogens with zero attached hydrogens (tertiary/aromatic N) is 3. The van der Waals surface area contributed by atoms with Gasteiger partial charge in [-0.15, -0.1) is 5.10 Å². The van der Waals surface area contributed by atoms with Crippen molar-refractivity contribution in [2.45, 2.75) is 12.8 Å². The van der Waals surface area contributed by atoms with Crippen molar-refractivity contribution >= 4 is 15.7 Å². The van der Waals surface area contributed by atoms with Crippen LogP contribution in [0.25, 0.3) is 5.65 Å². The van der Waals surface area contributed by atoms with Crippen molar-refractivity contribution < 1.29 is 13.2 Å². The molecule has 0 atom stereocenters. The summed E-state index contributed by atoms with van der Waals surface area (Å²) in [5.74, 6) is 0.416. The zero-order valence-electron chi connectivity index (χ0n) is 10.2. The number of imidazole rings is 1. The Hall–Kier alpha value is -1.67. The number of nitrogens with two attached hydrogens (primary N) is 1. The summed E-state index contributed by atoms with van der Waals surface area (Å²) in [7, 11) is -3.47. The van der Waals surface area contributed by atoms with Crippen LogP contribution in [0.1, 0.15) is 12.8 Å². The maximum atomic E-state index is 11.1. The van der Waals surface area contributed by atoms with Gasteiger partial charge >= 0.3 is 0 Å². The van der Waals surface area contributed by atoms with Gasteiger partial charge in [0.05, 0.1) is 12.4 Å². The second-order valence-corrected chi connectivity index (χ2v) is 6.61. The predicted molar refractivity (Wildman–Crippen MR) is 68.1 cm³/mol. The quantitative estimate of drug-likeness (QED) is 0.843. The van der Waals surface area contributed by atoms with Gasteiger partial charge in [0.1, 0.15) is 0 Å². The maximum Gasteiger partial charge on any atom is 0.231 e. The molecule has 2 N–H and O–H groups in total. The zero-order valence-corrected chi connectivity index (χ0v) is 11.0. The van der Waals surface area contributed by atoms with E-state index in [0.717, 1.165) is 18.5 Å². The van der Waals surface area contributed by atoms with Gasteiger partial charge < -0.3 is 4.74 Å². The van der Waals surface area contributed by atoms with Crippen molar-refractivity contribution in [3.05, 3.63) is 24.5 Å². The lowest BCUT2D eigenvalue weighted by Crippen LogP contribution is -2.28. The van der Waals surface area contributed by atoms with Crippen LogP contribution in [-0.2, 0) is 10.0 Å². The van der Waals surface area contributed by atoms with Gasteiger partial charge in [-0.05, 0) is 18.9 Å². The molecular formula is C11H14N4O3S. The molecule has 102 valence electrons. The van der Waals surface area contributed by atoms with Crippen molar-refractivity contribution in [3.8, 4) is 5.88 Å². The molecule has 8 heteroatoms.